The SMILES string of the molecule is c1ccc(C2=NC(c3cc(-c4ccccc4)cc(-c4ccc(-c5ccccn5)cc4)c3)N=C(c3cc(-c4ccccc4)cc(-c4ccc(-c5ccccn5)cc4)c3)N2)cc1. The molecule has 0 aliphatic carbocycles. The summed E-state index contributed by atoms with van der Waals surface area (Å²) in [6.45, 7) is 0. The molecule has 0 spiro atoms. The Kier molecular flexibility index (Phi) is 9.96. The summed E-state index contributed by atoms with van der Waals surface area (Å²) in [5, 5.41) is 3.67. The van der Waals surface area contributed by atoms with Crippen molar-refractivity contribution in [3.63, 3.8) is 0 Å². The summed E-state index contributed by atoms with van der Waals surface area (Å²) in [4.78, 5) is 19.9. The van der Waals surface area contributed by atoms with Gasteiger partial charge in [-0.25, -0.2) is 9.98 Å². The summed E-state index contributed by atoms with van der Waals surface area (Å²) in [5.74, 6) is 1.52. The Morgan fingerprint density at radius 2 is 0.633 bits per heavy atom. The summed E-state index contributed by atoms with van der Waals surface area (Å²) >= 11 is 0. The number of nitrogens with zero attached hydrogens (tertiary/aromatic N) is 4. The fraction of sp³-hybridized carbons (Fsp3) is 0.0182. The smallest absolute Gasteiger partial charge is 0.169 e. The van der Waals surface area contributed by atoms with Crippen LogP contribution in [0.15, 0.2) is 235 Å². The minimum Gasteiger partial charge on any atom is -0.324 e. The van der Waals surface area contributed by atoms with E-state index in [0.29, 0.717) is 0 Å². The zero-order valence-electron chi connectivity index (χ0n) is 32.7. The molecule has 0 amide bonds. The van der Waals surface area contributed by atoms with E-state index in [9.17, 15) is 0 Å². The quantitative estimate of drug-likeness (QED) is 0.159. The van der Waals surface area contributed by atoms with Crippen LogP contribution in [0.1, 0.15) is 22.9 Å². The maximum Gasteiger partial charge on any atom is 0.169 e. The number of hydrogen-bond donors (Lipinski definition) is 1. The van der Waals surface area contributed by atoms with Crippen molar-refractivity contribution in [2.45, 2.75) is 6.17 Å². The first-order valence-electron chi connectivity index (χ1n) is 20.1. The number of aromatic nitrogens is 2. The number of hydrogen-bond acceptors (Lipinski definition) is 5. The number of rotatable bonds is 9. The van der Waals surface area contributed by atoms with Gasteiger partial charge in [-0.05, 0) is 111 Å². The number of nitrogens with one attached hydrogen (secondary N) is 1. The standard InChI is InChI=1S/C55H39N5/c1-4-14-38(15-5-1)45-32-47(40-22-26-42(27-23-40)51-20-10-12-30-56-51)36-49(34-45)54-58-53(44-18-8-3-9-19-44)59-55(60-54)50-35-46(39-16-6-2-7-17-39)33-48(37-50)41-24-28-43(29-25-41)52-21-11-13-31-57-52/h1-37,54H,(H,58,59,60). The first-order valence-corrected chi connectivity index (χ1v) is 20.1. The molecule has 1 N–H and O–H groups in total. The van der Waals surface area contributed by atoms with E-state index in [-0.39, 0.29) is 0 Å². The van der Waals surface area contributed by atoms with Gasteiger partial charge in [0.05, 0.1) is 11.4 Å². The molecular formula is C55H39N5. The predicted molar refractivity (Wildman–Crippen MR) is 246 cm³/mol. The molecule has 1 atom stereocenters. The van der Waals surface area contributed by atoms with Gasteiger partial charge in [-0.15, -0.1) is 0 Å². The van der Waals surface area contributed by atoms with E-state index in [0.717, 1.165) is 95.4 Å². The van der Waals surface area contributed by atoms with Gasteiger partial charge < -0.3 is 5.32 Å². The number of aliphatic imine (C=N–C) groups is 2. The Morgan fingerprint density at radius 3 is 1.07 bits per heavy atom. The maximum absolute atomic E-state index is 5.45. The molecule has 5 heteroatoms. The lowest BCUT2D eigenvalue weighted by atomic mass is 9.93. The summed E-state index contributed by atoms with van der Waals surface area (Å²) in [6.07, 6.45) is 3.14. The van der Waals surface area contributed by atoms with Crippen molar-refractivity contribution in [1.29, 1.82) is 0 Å². The Morgan fingerprint density at radius 1 is 0.283 bits per heavy atom. The van der Waals surface area contributed by atoms with Gasteiger partial charge in [0.1, 0.15) is 11.7 Å². The van der Waals surface area contributed by atoms with Crippen molar-refractivity contribution >= 4 is 11.7 Å². The molecule has 0 bridgehead atoms. The molecule has 7 aromatic carbocycles. The van der Waals surface area contributed by atoms with Gasteiger partial charge in [0.15, 0.2) is 6.17 Å². The molecule has 284 valence electrons. The fourth-order valence-electron chi connectivity index (χ4n) is 7.72. The largest absolute Gasteiger partial charge is 0.324 e. The maximum atomic E-state index is 5.45. The van der Waals surface area contributed by atoms with E-state index in [4.69, 9.17) is 9.98 Å². The summed E-state index contributed by atoms with van der Waals surface area (Å²) in [5.41, 5.74) is 15.9. The number of pyridine rings is 2. The zero-order chi connectivity index (χ0) is 40.1. The third kappa shape index (κ3) is 7.80. The predicted octanol–water partition coefficient (Wildman–Crippen LogP) is 13.0. The van der Waals surface area contributed by atoms with E-state index < -0.39 is 6.17 Å². The molecule has 2 aromatic heterocycles. The van der Waals surface area contributed by atoms with Crippen LogP contribution in [-0.4, -0.2) is 21.6 Å². The van der Waals surface area contributed by atoms with Gasteiger partial charge in [-0.2, -0.15) is 0 Å². The Balaban J connectivity index is 1.11. The minimum atomic E-state index is -0.520. The van der Waals surface area contributed by atoms with Crippen LogP contribution < -0.4 is 5.32 Å². The lowest BCUT2D eigenvalue weighted by molar-refractivity contribution is 0.756. The molecule has 9 aromatic rings. The molecule has 0 radical (unpaired) electrons. The molecular weight excluding hydrogens is 731 g/mol. The van der Waals surface area contributed by atoms with Crippen molar-refractivity contribution in [3.8, 4) is 67.0 Å². The topological polar surface area (TPSA) is 62.5 Å². The van der Waals surface area contributed by atoms with E-state index in [1.165, 1.54) is 0 Å². The monoisotopic (exact) mass is 769 g/mol. The van der Waals surface area contributed by atoms with Gasteiger partial charge in [-0.1, -0.05) is 152 Å². The van der Waals surface area contributed by atoms with Gasteiger partial charge >= 0.3 is 0 Å². The van der Waals surface area contributed by atoms with Crippen LogP contribution in [0.3, 0.4) is 0 Å². The second kappa shape index (κ2) is 16.5. The molecule has 0 saturated carbocycles. The van der Waals surface area contributed by atoms with Crippen molar-refractivity contribution in [3.05, 3.63) is 241 Å². The minimum absolute atomic E-state index is 0.520. The summed E-state index contributed by atoms with van der Waals surface area (Å²) in [7, 11) is 0. The van der Waals surface area contributed by atoms with Crippen molar-refractivity contribution < 1.29 is 0 Å². The van der Waals surface area contributed by atoms with Crippen molar-refractivity contribution in [2.75, 3.05) is 0 Å². The lowest BCUT2D eigenvalue weighted by Gasteiger charge is -2.24. The highest BCUT2D eigenvalue weighted by Gasteiger charge is 2.23. The Bertz CT molecular complexity index is 2950. The molecule has 3 heterocycles. The van der Waals surface area contributed by atoms with E-state index in [1.807, 2.05) is 67.0 Å². The van der Waals surface area contributed by atoms with Gasteiger partial charge in [0, 0.05) is 34.6 Å². The van der Waals surface area contributed by atoms with Crippen LogP contribution in [0.25, 0.3) is 67.0 Å². The molecule has 0 saturated heterocycles. The van der Waals surface area contributed by atoms with Crippen LogP contribution in [0.2, 0.25) is 0 Å². The molecule has 1 aliphatic heterocycles. The zero-order valence-corrected chi connectivity index (χ0v) is 32.7. The highest BCUT2D eigenvalue weighted by molar-refractivity contribution is 6.16. The van der Waals surface area contributed by atoms with Crippen LogP contribution in [0.4, 0.5) is 0 Å². The van der Waals surface area contributed by atoms with Gasteiger partial charge in [-0.3, -0.25) is 9.97 Å². The van der Waals surface area contributed by atoms with Crippen LogP contribution in [0.5, 0.6) is 0 Å². The summed E-state index contributed by atoms with van der Waals surface area (Å²) < 4.78 is 0. The second-order valence-corrected chi connectivity index (χ2v) is 14.8. The Hall–Kier alpha value is -8.02. The molecule has 60 heavy (non-hydrogen) atoms. The normalized spacial score (nSPS) is 13.5. The fourth-order valence-corrected chi connectivity index (χ4v) is 7.72. The van der Waals surface area contributed by atoms with Gasteiger partial charge in [0.25, 0.3) is 0 Å². The van der Waals surface area contributed by atoms with Crippen LogP contribution in [-0.2, 0) is 0 Å². The first-order chi connectivity index (χ1) is 29.7. The van der Waals surface area contributed by atoms with Crippen molar-refractivity contribution in [2.24, 2.45) is 9.98 Å². The number of benzene rings is 7. The third-order valence-corrected chi connectivity index (χ3v) is 10.8. The highest BCUT2D eigenvalue weighted by Crippen LogP contribution is 2.36. The average molecular weight is 770 g/mol. The molecule has 1 unspecified atom stereocenters. The van der Waals surface area contributed by atoms with E-state index >= 15 is 0 Å². The van der Waals surface area contributed by atoms with E-state index in [1.54, 1.807) is 0 Å². The van der Waals surface area contributed by atoms with Crippen molar-refractivity contribution in [1.82, 2.24) is 15.3 Å². The third-order valence-electron chi connectivity index (χ3n) is 10.8. The summed E-state index contributed by atoms with van der Waals surface area (Å²) in [6, 6.07) is 74.1. The van der Waals surface area contributed by atoms with Crippen LogP contribution in [0, 0.1) is 0 Å². The van der Waals surface area contributed by atoms with Crippen LogP contribution >= 0.6 is 0 Å². The Labute approximate surface area is 350 Å². The van der Waals surface area contributed by atoms with E-state index in [2.05, 4.69) is 173 Å². The second-order valence-electron chi connectivity index (χ2n) is 14.8. The highest BCUT2D eigenvalue weighted by atomic mass is 15.2. The molecule has 5 nitrogen and oxygen atoms in total. The molecule has 0 fully saturated rings. The van der Waals surface area contributed by atoms with Gasteiger partial charge in [0.2, 0.25) is 0 Å². The number of amidine groups is 2. The first kappa shape index (κ1) is 36.3. The molecule has 10 rings (SSSR count). The lowest BCUT2D eigenvalue weighted by Crippen LogP contribution is -2.36. The average Bonchev–Trinajstić information content (AvgIpc) is 3.35. The molecule has 1 aliphatic rings.